The van der Waals surface area contributed by atoms with Crippen LogP contribution in [0.3, 0.4) is 0 Å². The maximum Gasteiger partial charge on any atom is 0.309 e. The van der Waals surface area contributed by atoms with E-state index in [1.807, 2.05) is 14.0 Å². The molecule has 98 valence electrons. The van der Waals surface area contributed by atoms with Crippen LogP contribution in [0.5, 0.6) is 0 Å². The van der Waals surface area contributed by atoms with Crippen molar-refractivity contribution in [1.82, 2.24) is 14.5 Å². The van der Waals surface area contributed by atoms with Crippen LogP contribution in [0.15, 0.2) is 12.5 Å². The van der Waals surface area contributed by atoms with Crippen molar-refractivity contribution in [2.24, 2.45) is 13.0 Å². The largest absolute Gasteiger partial charge is 0.481 e. The Bertz CT molecular complexity index is 469. The van der Waals surface area contributed by atoms with E-state index in [0.717, 1.165) is 12.1 Å². The molecule has 1 aliphatic rings. The van der Waals surface area contributed by atoms with Gasteiger partial charge < -0.3 is 14.6 Å². The third-order valence-electron chi connectivity index (χ3n) is 3.37. The van der Waals surface area contributed by atoms with Crippen molar-refractivity contribution in [3.63, 3.8) is 0 Å². The Morgan fingerprint density at radius 1 is 1.61 bits per heavy atom. The Kier molecular flexibility index (Phi) is 3.36. The summed E-state index contributed by atoms with van der Waals surface area (Å²) < 4.78 is 1.78. The van der Waals surface area contributed by atoms with Gasteiger partial charge in [-0.1, -0.05) is 6.92 Å². The quantitative estimate of drug-likeness (QED) is 0.859. The predicted molar refractivity (Wildman–Crippen MR) is 63.7 cm³/mol. The summed E-state index contributed by atoms with van der Waals surface area (Å²) in [5.41, 5.74) is 0.779. The third kappa shape index (κ3) is 1.98. The lowest BCUT2D eigenvalue weighted by atomic mass is 9.98. The highest BCUT2D eigenvalue weighted by Gasteiger charge is 2.45. The van der Waals surface area contributed by atoms with Gasteiger partial charge in [0.25, 0.3) is 0 Å². The number of amides is 1. The Balaban J connectivity index is 2.39. The molecule has 2 heterocycles. The molecule has 1 saturated heterocycles. The number of carboxylic acids is 1. The van der Waals surface area contributed by atoms with E-state index < -0.39 is 17.9 Å². The summed E-state index contributed by atoms with van der Waals surface area (Å²) in [5, 5.41) is 9.27. The van der Waals surface area contributed by atoms with Crippen molar-refractivity contribution in [2.45, 2.75) is 25.8 Å². The molecule has 0 aromatic carbocycles. The molecule has 0 spiro atoms. The number of nitrogens with zero attached hydrogens (tertiary/aromatic N) is 3. The molecule has 18 heavy (non-hydrogen) atoms. The minimum absolute atomic E-state index is 0.0746. The van der Waals surface area contributed by atoms with Crippen molar-refractivity contribution in [3.05, 3.63) is 18.2 Å². The van der Waals surface area contributed by atoms with E-state index in [9.17, 15) is 14.7 Å². The molecule has 1 aromatic heterocycles. The molecule has 2 rings (SSSR count). The van der Waals surface area contributed by atoms with Gasteiger partial charge in [0.1, 0.15) is 0 Å². The summed E-state index contributed by atoms with van der Waals surface area (Å²) in [7, 11) is 1.81. The van der Waals surface area contributed by atoms with Crippen LogP contribution in [0.25, 0.3) is 0 Å². The second-order valence-corrected chi connectivity index (χ2v) is 4.61. The first-order valence-electron chi connectivity index (χ1n) is 6.04. The van der Waals surface area contributed by atoms with E-state index >= 15 is 0 Å². The van der Waals surface area contributed by atoms with Gasteiger partial charge in [0.2, 0.25) is 5.91 Å². The second kappa shape index (κ2) is 4.80. The van der Waals surface area contributed by atoms with Gasteiger partial charge in [-0.05, 0) is 6.42 Å². The number of aryl methyl sites for hydroxylation is 1. The van der Waals surface area contributed by atoms with Crippen molar-refractivity contribution >= 4 is 11.9 Å². The van der Waals surface area contributed by atoms with Gasteiger partial charge in [-0.25, -0.2) is 4.98 Å². The Labute approximate surface area is 105 Å². The average Bonchev–Trinajstić information content (AvgIpc) is 2.85. The zero-order chi connectivity index (χ0) is 13.3. The number of aromatic nitrogens is 2. The van der Waals surface area contributed by atoms with Crippen LogP contribution in [0.2, 0.25) is 0 Å². The molecule has 0 radical (unpaired) electrons. The van der Waals surface area contributed by atoms with E-state index in [2.05, 4.69) is 4.98 Å². The van der Waals surface area contributed by atoms with Gasteiger partial charge in [0, 0.05) is 20.0 Å². The zero-order valence-electron chi connectivity index (χ0n) is 10.5. The zero-order valence-corrected chi connectivity index (χ0v) is 10.5. The lowest BCUT2D eigenvalue weighted by Crippen LogP contribution is -2.32. The summed E-state index contributed by atoms with van der Waals surface area (Å²) in [4.78, 5) is 28.9. The number of aliphatic carboxylic acids is 1. The van der Waals surface area contributed by atoms with E-state index in [1.54, 1.807) is 22.0 Å². The van der Waals surface area contributed by atoms with Gasteiger partial charge in [0.15, 0.2) is 0 Å². The monoisotopic (exact) mass is 251 g/mol. The molecule has 1 fully saturated rings. The van der Waals surface area contributed by atoms with E-state index in [4.69, 9.17) is 0 Å². The van der Waals surface area contributed by atoms with Crippen LogP contribution in [0.1, 0.15) is 31.5 Å². The first kappa shape index (κ1) is 12.6. The first-order chi connectivity index (χ1) is 8.56. The maximum absolute atomic E-state index is 11.9. The number of likely N-dealkylation sites (tertiary alicyclic amines) is 1. The van der Waals surface area contributed by atoms with Crippen LogP contribution in [-0.2, 0) is 16.6 Å². The van der Waals surface area contributed by atoms with Crippen LogP contribution in [-0.4, -0.2) is 38.0 Å². The smallest absolute Gasteiger partial charge is 0.309 e. The molecule has 0 aliphatic carbocycles. The fourth-order valence-corrected chi connectivity index (χ4v) is 2.53. The number of rotatable bonds is 4. The van der Waals surface area contributed by atoms with E-state index in [-0.39, 0.29) is 12.3 Å². The molecule has 1 aliphatic heterocycles. The Morgan fingerprint density at radius 2 is 2.33 bits per heavy atom. The van der Waals surface area contributed by atoms with Crippen LogP contribution in [0.4, 0.5) is 0 Å². The molecule has 1 N–H and O–H groups in total. The highest BCUT2D eigenvalue weighted by molar-refractivity contribution is 5.87. The molecular formula is C12H17N3O3. The minimum Gasteiger partial charge on any atom is -0.481 e. The molecule has 2 unspecified atom stereocenters. The second-order valence-electron chi connectivity index (χ2n) is 4.61. The molecule has 0 saturated carbocycles. The van der Waals surface area contributed by atoms with Gasteiger partial charge in [0.05, 0.1) is 30.2 Å². The predicted octanol–water partition coefficient (Wildman–Crippen LogP) is 0.804. The lowest BCUT2D eigenvalue weighted by Gasteiger charge is -2.26. The van der Waals surface area contributed by atoms with Crippen molar-refractivity contribution < 1.29 is 14.7 Å². The van der Waals surface area contributed by atoms with Gasteiger partial charge >= 0.3 is 5.97 Å². The Morgan fingerprint density at radius 3 is 2.83 bits per heavy atom. The highest BCUT2D eigenvalue weighted by Crippen LogP contribution is 2.37. The SMILES string of the molecule is CCCN1C(=O)CC(C(=O)O)C1c1cncn1C. The maximum atomic E-state index is 11.9. The normalized spacial score (nSPS) is 23.7. The Hall–Kier alpha value is -1.85. The van der Waals surface area contributed by atoms with Crippen molar-refractivity contribution in [3.8, 4) is 0 Å². The summed E-state index contributed by atoms with van der Waals surface area (Å²) >= 11 is 0. The number of imidazole rings is 1. The van der Waals surface area contributed by atoms with E-state index in [1.165, 1.54) is 0 Å². The van der Waals surface area contributed by atoms with E-state index in [0.29, 0.717) is 6.54 Å². The number of carbonyl (C=O) groups is 2. The molecular weight excluding hydrogens is 234 g/mol. The fraction of sp³-hybridized carbons (Fsp3) is 0.583. The van der Waals surface area contributed by atoms with Gasteiger partial charge in [-0.15, -0.1) is 0 Å². The molecule has 6 heteroatoms. The summed E-state index contributed by atoms with van der Waals surface area (Å²) in [6.07, 6.45) is 4.15. The summed E-state index contributed by atoms with van der Waals surface area (Å²) in [5.74, 6) is -1.69. The molecule has 1 amide bonds. The third-order valence-corrected chi connectivity index (χ3v) is 3.37. The highest BCUT2D eigenvalue weighted by atomic mass is 16.4. The molecule has 0 bridgehead atoms. The van der Waals surface area contributed by atoms with Crippen LogP contribution >= 0.6 is 0 Å². The lowest BCUT2D eigenvalue weighted by molar-refractivity contribution is -0.142. The van der Waals surface area contributed by atoms with Gasteiger partial charge in [-0.3, -0.25) is 9.59 Å². The number of hydrogen-bond acceptors (Lipinski definition) is 3. The average molecular weight is 251 g/mol. The number of carboxylic acid groups (broad SMARTS) is 1. The van der Waals surface area contributed by atoms with Gasteiger partial charge in [-0.2, -0.15) is 0 Å². The van der Waals surface area contributed by atoms with Crippen molar-refractivity contribution in [1.29, 1.82) is 0 Å². The molecule has 1 aromatic rings. The first-order valence-corrected chi connectivity index (χ1v) is 6.04. The number of carbonyl (C=O) groups excluding carboxylic acids is 1. The van der Waals surface area contributed by atoms with Crippen molar-refractivity contribution in [2.75, 3.05) is 6.54 Å². The summed E-state index contributed by atoms with van der Waals surface area (Å²) in [6.45, 7) is 2.56. The molecule has 6 nitrogen and oxygen atoms in total. The number of hydrogen-bond donors (Lipinski definition) is 1. The topological polar surface area (TPSA) is 75.4 Å². The van der Waals surface area contributed by atoms with Crippen LogP contribution in [0, 0.1) is 5.92 Å². The molecule has 2 atom stereocenters. The fourth-order valence-electron chi connectivity index (χ4n) is 2.53. The standard InChI is InChI=1S/C12H17N3O3/c1-3-4-15-10(16)5-8(12(17)18)11(15)9-6-13-7-14(9)2/h6-8,11H,3-5H2,1-2H3,(H,17,18). The van der Waals surface area contributed by atoms with Crippen LogP contribution < -0.4 is 0 Å². The minimum atomic E-state index is -0.923. The summed E-state index contributed by atoms with van der Waals surface area (Å²) in [6, 6.07) is -0.401.